The van der Waals surface area contributed by atoms with Gasteiger partial charge in [0.05, 0.1) is 6.26 Å². The zero-order valence-electron chi connectivity index (χ0n) is 14.7. The molecule has 3 rings (SSSR count). The molecule has 0 fully saturated rings. The molecule has 5 nitrogen and oxygen atoms in total. The van der Waals surface area contributed by atoms with Crippen molar-refractivity contribution in [3.8, 4) is 0 Å². The van der Waals surface area contributed by atoms with Crippen LogP contribution in [0.5, 0.6) is 0 Å². The highest BCUT2D eigenvalue weighted by molar-refractivity contribution is 7.99. The van der Waals surface area contributed by atoms with E-state index in [1.165, 1.54) is 11.2 Å². The number of hydrogen-bond donors (Lipinski definition) is 2. The van der Waals surface area contributed by atoms with Crippen LogP contribution in [0.3, 0.4) is 0 Å². The van der Waals surface area contributed by atoms with Gasteiger partial charge in [-0.3, -0.25) is 9.59 Å². The second kappa shape index (κ2) is 9.64. The second-order valence-electron chi connectivity index (χ2n) is 5.78. The third kappa shape index (κ3) is 5.76. The highest BCUT2D eigenvalue weighted by Crippen LogP contribution is 2.17. The van der Waals surface area contributed by atoms with Gasteiger partial charge in [0.1, 0.15) is 0 Å². The molecule has 3 aromatic rings. The van der Waals surface area contributed by atoms with Crippen LogP contribution in [0.15, 0.2) is 82.3 Å². The molecule has 0 aliphatic rings. The van der Waals surface area contributed by atoms with Crippen LogP contribution in [0.1, 0.15) is 27.3 Å². The summed E-state index contributed by atoms with van der Waals surface area (Å²) in [5.74, 6) is 0.740. The predicted octanol–water partition coefficient (Wildman–Crippen LogP) is 4.44. The van der Waals surface area contributed by atoms with Gasteiger partial charge in [0, 0.05) is 22.7 Å². The Morgan fingerprint density at radius 2 is 1.67 bits per heavy atom. The number of carbonyl (C=O) groups is 2. The van der Waals surface area contributed by atoms with Gasteiger partial charge in [0.25, 0.3) is 11.8 Å². The smallest absolute Gasteiger partial charge is 0.291 e. The molecule has 2 amide bonds. The molecule has 0 saturated heterocycles. The van der Waals surface area contributed by atoms with Crippen molar-refractivity contribution in [2.24, 2.45) is 0 Å². The van der Waals surface area contributed by atoms with Gasteiger partial charge >= 0.3 is 0 Å². The molecule has 0 unspecified atom stereocenters. The summed E-state index contributed by atoms with van der Waals surface area (Å²) in [4.78, 5) is 25.3. The van der Waals surface area contributed by atoms with E-state index < -0.39 is 0 Å². The van der Waals surface area contributed by atoms with E-state index in [1.807, 2.05) is 18.2 Å². The Bertz CT molecular complexity index is 862. The molecule has 0 aliphatic heterocycles. The number of benzene rings is 2. The Morgan fingerprint density at radius 1 is 0.889 bits per heavy atom. The maximum absolute atomic E-state index is 12.2. The Kier molecular flexibility index (Phi) is 6.71. The maximum atomic E-state index is 12.2. The van der Waals surface area contributed by atoms with Crippen molar-refractivity contribution in [1.82, 2.24) is 5.32 Å². The molecule has 138 valence electrons. The summed E-state index contributed by atoms with van der Waals surface area (Å²) in [6.45, 7) is 0.621. The first-order chi connectivity index (χ1) is 13.2. The lowest BCUT2D eigenvalue weighted by atomic mass is 10.2. The summed E-state index contributed by atoms with van der Waals surface area (Å²) in [5.41, 5.74) is 1.16. The minimum atomic E-state index is -0.326. The van der Waals surface area contributed by atoms with Crippen molar-refractivity contribution in [2.75, 3.05) is 17.6 Å². The molecular formula is C21H20N2O3S. The highest BCUT2D eigenvalue weighted by Gasteiger charge is 2.09. The molecule has 0 aliphatic carbocycles. The third-order valence-corrected chi connectivity index (χ3v) is 4.87. The van der Waals surface area contributed by atoms with Crippen molar-refractivity contribution < 1.29 is 14.0 Å². The van der Waals surface area contributed by atoms with E-state index in [-0.39, 0.29) is 17.6 Å². The molecule has 1 heterocycles. The van der Waals surface area contributed by atoms with Crippen molar-refractivity contribution in [1.29, 1.82) is 0 Å². The number of hydrogen-bond acceptors (Lipinski definition) is 4. The van der Waals surface area contributed by atoms with Gasteiger partial charge in [-0.1, -0.05) is 18.2 Å². The fourth-order valence-corrected chi connectivity index (χ4v) is 3.26. The Hall–Kier alpha value is -2.99. The molecule has 0 bridgehead atoms. The minimum Gasteiger partial charge on any atom is -0.459 e. The maximum Gasteiger partial charge on any atom is 0.291 e. The molecule has 6 heteroatoms. The van der Waals surface area contributed by atoms with Gasteiger partial charge in [-0.25, -0.2) is 0 Å². The molecular weight excluding hydrogens is 360 g/mol. The zero-order valence-corrected chi connectivity index (χ0v) is 15.5. The summed E-state index contributed by atoms with van der Waals surface area (Å²) < 4.78 is 5.04. The van der Waals surface area contributed by atoms with E-state index in [1.54, 1.807) is 48.2 Å². The predicted molar refractivity (Wildman–Crippen MR) is 107 cm³/mol. The lowest BCUT2D eigenvalue weighted by Crippen LogP contribution is -2.24. The van der Waals surface area contributed by atoms with Crippen LogP contribution < -0.4 is 10.6 Å². The number of thioether (sulfide) groups is 1. The second-order valence-corrected chi connectivity index (χ2v) is 6.95. The van der Waals surface area contributed by atoms with Crippen LogP contribution in [0.25, 0.3) is 0 Å². The summed E-state index contributed by atoms with van der Waals surface area (Å²) in [7, 11) is 0. The zero-order chi connectivity index (χ0) is 18.9. The van der Waals surface area contributed by atoms with Gasteiger partial charge in [-0.2, -0.15) is 0 Å². The van der Waals surface area contributed by atoms with Crippen LogP contribution in [0.2, 0.25) is 0 Å². The molecule has 0 saturated carbocycles. The van der Waals surface area contributed by atoms with Gasteiger partial charge in [0.2, 0.25) is 0 Å². The quantitative estimate of drug-likeness (QED) is 0.448. The fourth-order valence-electron chi connectivity index (χ4n) is 2.39. The first-order valence-electron chi connectivity index (χ1n) is 8.63. The number of carbonyl (C=O) groups excluding carboxylic acids is 2. The van der Waals surface area contributed by atoms with Gasteiger partial charge in [0.15, 0.2) is 5.76 Å². The first-order valence-corrected chi connectivity index (χ1v) is 9.62. The summed E-state index contributed by atoms with van der Waals surface area (Å²) in [6.07, 6.45) is 2.34. The average Bonchev–Trinajstić information content (AvgIpc) is 3.24. The van der Waals surface area contributed by atoms with Crippen LogP contribution in [0.4, 0.5) is 5.69 Å². The Balaban J connectivity index is 1.40. The summed E-state index contributed by atoms with van der Waals surface area (Å²) >= 11 is 1.78. The van der Waals surface area contributed by atoms with E-state index in [0.717, 1.165) is 12.2 Å². The molecule has 2 N–H and O–H groups in total. The molecule has 2 aromatic carbocycles. The number of anilines is 1. The van der Waals surface area contributed by atoms with Crippen LogP contribution in [-0.4, -0.2) is 24.1 Å². The first kappa shape index (κ1) is 18.8. The normalized spacial score (nSPS) is 10.4. The molecule has 0 spiro atoms. The molecule has 0 radical (unpaired) electrons. The van der Waals surface area contributed by atoms with Crippen molar-refractivity contribution >= 4 is 29.3 Å². The third-order valence-electron chi connectivity index (χ3n) is 3.77. The fraction of sp³-hybridized carbons (Fsp3) is 0.143. The summed E-state index contributed by atoms with van der Waals surface area (Å²) in [6, 6.07) is 20.2. The van der Waals surface area contributed by atoms with Crippen molar-refractivity contribution in [2.45, 2.75) is 11.3 Å². The lowest BCUT2D eigenvalue weighted by Gasteiger charge is -2.07. The van der Waals surface area contributed by atoms with E-state index in [4.69, 9.17) is 4.42 Å². The van der Waals surface area contributed by atoms with Crippen molar-refractivity contribution in [3.63, 3.8) is 0 Å². The van der Waals surface area contributed by atoms with Crippen LogP contribution in [-0.2, 0) is 0 Å². The van der Waals surface area contributed by atoms with E-state index in [9.17, 15) is 9.59 Å². The number of furan rings is 1. The SMILES string of the molecule is O=C(NCCCSc1ccccc1)c1ccc(NC(=O)c2ccco2)cc1. The van der Waals surface area contributed by atoms with Crippen molar-refractivity contribution in [3.05, 3.63) is 84.3 Å². The van der Waals surface area contributed by atoms with Crippen LogP contribution >= 0.6 is 11.8 Å². The lowest BCUT2D eigenvalue weighted by molar-refractivity contribution is 0.0953. The standard InChI is InChI=1S/C21H20N2O3S/c24-20(22-13-5-15-27-18-6-2-1-3-7-18)16-9-11-17(12-10-16)23-21(25)19-8-4-14-26-19/h1-4,6-12,14H,5,13,15H2,(H,22,24)(H,23,25). The highest BCUT2D eigenvalue weighted by atomic mass is 32.2. The minimum absolute atomic E-state index is 0.122. The number of nitrogens with one attached hydrogen (secondary N) is 2. The summed E-state index contributed by atoms with van der Waals surface area (Å²) in [5, 5.41) is 5.63. The van der Waals surface area contributed by atoms with Crippen LogP contribution in [0, 0.1) is 0 Å². The van der Waals surface area contributed by atoms with Gasteiger partial charge in [-0.05, 0) is 60.7 Å². The van der Waals surface area contributed by atoms with E-state index in [0.29, 0.717) is 17.8 Å². The molecule has 1 aromatic heterocycles. The number of rotatable bonds is 8. The Labute approximate surface area is 162 Å². The monoisotopic (exact) mass is 380 g/mol. The van der Waals surface area contributed by atoms with E-state index >= 15 is 0 Å². The van der Waals surface area contributed by atoms with E-state index in [2.05, 4.69) is 22.8 Å². The number of amides is 2. The topological polar surface area (TPSA) is 71.3 Å². The van der Waals surface area contributed by atoms with Gasteiger partial charge < -0.3 is 15.1 Å². The van der Waals surface area contributed by atoms with Gasteiger partial charge in [-0.15, -0.1) is 11.8 Å². The largest absolute Gasteiger partial charge is 0.459 e. The molecule has 27 heavy (non-hydrogen) atoms. The average molecular weight is 380 g/mol. The molecule has 0 atom stereocenters. The Morgan fingerprint density at radius 3 is 2.37 bits per heavy atom.